The van der Waals surface area contributed by atoms with E-state index in [0.717, 1.165) is 23.4 Å². The van der Waals surface area contributed by atoms with E-state index in [1.165, 1.54) is 0 Å². The van der Waals surface area contributed by atoms with Gasteiger partial charge < -0.3 is 0 Å². The Morgan fingerprint density at radius 1 is 1.32 bits per heavy atom. The van der Waals surface area contributed by atoms with Gasteiger partial charge in [-0.2, -0.15) is 5.10 Å². The van der Waals surface area contributed by atoms with E-state index in [9.17, 15) is 4.79 Å². The number of aryl methyl sites for hydroxylation is 3. The molecule has 0 saturated heterocycles. The summed E-state index contributed by atoms with van der Waals surface area (Å²) in [4.78, 5) is 12.1. The summed E-state index contributed by atoms with van der Waals surface area (Å²) in [6.45, 7) is 6.67. The van der Waals surface area contributed by atoms with Crippen molar-refractivity contribution in [3.05, 3.63) is 58.9 Å². The largest absolute Gasteiger partial charge is 0.289 e. The molecule has 0 fully saturated rings. The molecule has 19 heavy (non-hydrogen) atoms. The first-order valence-electron chi connectivity index (χ1n) is 6.44. The zero-order chi connectivity index (χ0) is 13.8. The average Bonchev–Trinajstić information content (AvgIpc) is 2.79. The van der Waals surface area contributed by atoms with E-state index in [1.54, 1.807) is 17.0 Å². The van der Waals surface area contributed by atoms with Crippen LogP contribution in [-0.4, -0.2) is 15.6 Å². The molecule has 0 unspecified atom stereocenters. The Labute approximate surface area is 113 Å². The maximum absolute atomic E-state index is 12.1. The Hall–Kier alpha value is -2.16. The number of hydrogen-bond donors (Lipinski definition) is 0. The molecule has 2 rings (SSSR count). The Bertz CT molecular complexity index is 623. The Kier molecular flexibility index (Phi) is 3.95. The number of hydrogen-bond acceptors (Lipinski definition) is 2. The van der Waals surface area contributed by atoms with Gasteiger partial charge in [-0.1, -0.05) is 30.3 Å². The summed E-state index contributed by atoms with van der Waals surface area (Å²) in [6, 6.07) is 7.99. The summed E-state index contributed by atoms with van der Waals surface area (Å²) in [7, 11) is 0. The van der Waals surface area contributed by atoms with E-state index in [1.807, 2.05) is 51.1 Å². The number of aromatic nitrogens is 2. The molecule has 0 aliphatic rings. The van der Waals surface area contributed by atoms with E-state index in [2.05, 4.69) is 5.10 Å². The van der Waals surface area contributed by atoms with Crippen LogP contribution in [0.2, 0.25) is 0 Å². The highest BCUT2D eigenvalue weighted by Gasteiger charge is 2.10. The first-order valence-corrected chi connectivity index (χ1v) is 6.44. The standard InChI is InChI=1S/C16H18N2O/c1-4-18-11-15(13(3)17-18)16(19)10-9-14-8-6-5-7-12(14)2/h5-11H,4H2,1-3H3/b10-9+. The minimum absolute atomic E-state index is 0.000420. The molecule has 0 bridgehead atoms. The van der Waals surface area contributed by atoms with Crippen LogP contribution in [0.3, 0.4) is 0 Å². The molecule has 0 aliphatic heterocycles. The van der Waals surface area contributed by atoms with Crippen LogP contribution >= 0.6 is 0 Å². The van der Waals surface area contributed by atoms with Gasteiger partial charge in [-0.3, -0.25) is 9.48 Å². The lowest BCUT2D eigenvalue weighted by atomic mass is 10.1. The quantitative estimate of drug-likeness (QED) is 0.619. The molecule has 2 aromatic rings. The molecule has 0 saturated carbocycles. The fourth-order valence-corrected chi connectivity index (χ4v) is 1.95. The van der Waals surface area contributed by atoms with Crippen LogP contribution in [0, 0.1) is 13.8 Å². The van der Waals surface area contributed by atoms with Crippen molar-refractivity contribution in [3.8, 4) is 0 Å². The third-order valence-electron chi connectivity index (χ3n) is 3.14. The second-order valence-corrected chi connectivity index (χ2v) is 4.54. The average molecular weight is 254 g/mol. The summed E-state index contributed by atoms with van der Waals surface area (Å²) in [6.07, 6.45) is 5.28. The highest BCUT2D eigenvalue weighted by molar-refractivity contribution is 6.07. The van der Waals surface area contributed by atoms with Crippen molar-refractivity contribution in [1.82, 2.24) is 9.78 Å². The van der Waals surface area contributed by atoms with E-state index in [-0.39, 0.29) is 5.78 Å². The first-order chi connectivity index (χ1) is 9.11. The summed E-state index contributed by atoms with van der Waals surface area (Å²) in [5, 5.41) is 4.28. The molecular weight excluding hydrogens is 236 g/mol. The fourth-order valence-electron chi connectivity index (χ4n) is 1.95. The second kappa shape index (κ2) is 5.65. The Morgan fingerprint density at radius 2 is 2.05 bits per heavy atom. The van der Waals surface area contributed by atoms with Gasteiger partial charge in [0, 0.05) is 12.7 Å². The summed E-state index contributed by atoms with van der Waals surface area (Å²) >= 11 is 0. The molecule has 3 nitrogen and oxygen atoms in total. The highest BCUT2D eigenvalue weighted by Crippen LogP contribution is 2.12. The molecule has 0 atom stereocenters. The lowest BCUT2D eigenvalue weighted by Crippen LogP contribution is -1.95. The van der Waals surface area contributed by atoms with Gasteiger partial charge in [0.15, 0.2) is 5.78 Å². The molecule has 0 aliphatic carbocycles. The van der Waals surface area contributed by atoms with Crippen molar-refractivity contribution in [3.63, 3.8) is 0 Å². The molecule has 0 radical (unpaired) electrons. The van der Waals surface area contributed by atoms with Crippen LogP contribution in [0.4, 0.5) is 0 Å². The summed E-state index contributed by atoms with van der Waals surface area (Å²) in [5.41, 5.74) is 3.68. The molecule has 0 spiro atoms. The Balaban J connectivity index is 2.21. The third kappa shape index (κ3) is 2.99. The van der Waals surface area contributed by atoms with E-state index in [4.69, 9.17) is 0 Å². The molecule has 1 heterocycles. The molecule has 0 amide bonds. The first kappa shape index (κ1) is 13.3. The van der Waals surface area contributed by atoms with Crippen LogP contribution < -0.4 is 0 Å². The summed E-state index contributed by atoms with van der Waals surface area (Å²) in [5.74, 6) is 0.000420. The smallest absolute Gasteiger partial charge is 0.189 e. The highest BCUT2D eigenvalue weighted by atomic mass is 16.1. The monoisotopic (exact) mass is 254 g/mol. The minimum Gasteiger partial charge on any atom is -0.289 e. The predicted molar refractivity (Wildman–Crippen MR) is 77.2 cm³/mol. The number of carbonyl (C=O) groups excluding carboxylic acids is 1. The molecule has 0 N–H and O–H groups in total. The van der Waals surface area contributed by atoms with Gasteiger partial charge in [-0.05, 0) is 38.0 Å². The van der Waals surface area contributed by atoms with Crippen LogP contribution in [0.25, 0.3) is 6.08 Å². The molecule has 98 valence electrons. The van der Waals surface area contributed by atoms with Crippen molar-refractivity contribution in [2.75, 3.05) is 0 Å². The van der Waals surface area contributed by atoms with E-state index >= 15 is 0 Å². The van der Waals surface area contributed by atoms with Crippen LogP contribution in [0.15, 0.2) is 36.5 Å². The number of benzene rings is 1. The van der Waals surface area contributed by atoms with Gasteiger partial charge in [0.25, 0.3) is 0 Å². The van der Waals surface area contributed by atoms with Gasteiger partial charge in [0.2, 0.25) is 0 Å². The second-order valence-electron chi connectivity index (χ2n) is 4.54. The van der Waals surface area contributed by atoms with Crippen molar-refractivity contribution >= 4 is 11.9 Å². The lowest BCUT2D eigenvalue weighted by molar-refractivity contribution is 0.104. The molecule has 3 heteroatoms. The van der Waals surface area contributed by atoms with Gasteiger partial charge >= 0.3 is 0 Å². The molecule has 1 aromatic carbocycles. The van der Waals surface area contributed by atoms with Crippen molar-refractivity contribution in [2.45, 2.75) is 27.3 Å². The minimum atomic E-state index is 0.000420. The number of rotatable bonds is 4. The van der Waals surface area contributed by atoms with Gasteiger partial charge in [-0.15, -0.1) is 0 Å². The SMILES string of the molecule is CCn1cc(C(=O)/C=C/c2ccccc2C)c(C)n1. The van der Waals surface area contributed by atoms with Gasteiger partial charge in [-0.25, -0.2) is 0 Å². The molecule has 1 aromatic heterocycles. The molecular formula is C16H18N2O. The van der Waals surface area contributed by atoms with E-state index in [0.29, 0.717) is 5.56 Å². The van der Waals surface area contributed by atoms with Crippen LogP contribution in [-0.2, 0) is 6.54 Å². The van der Waals surface area contributed by atoms with Crippen molar-refractivity contribution in [2.24, 2.45) is 0 Å². The lowest BCUT2D eigenvalue weighted by Gasteiger charge is -1.98. The zero-order valence-corrected chi connectivity index (χ0v) is 11.6. The third-order valence-corrected chi connectivity index (χ3v) is 3.14. The topological polar surface area (TPSA) is 34.9 Å². The maximum Gasteiger partial charge on any atom is 0.189 e. The normalized spacial score (nSPS) is 11.1. The fraction of sp³-hybridized carbons (Fsp3) is 0.250. The van der Waals surface area contributed by atoms with Gasteiger partial charge in [0.05, 0.1) is 11.3 Å². The Morgan fingerprint density at radius 3 is 2.68 bits per heavy atom. The number of allylic oxidation sites excluding steroid dienone is 1. The van der Waals surface area contributed by atoms with E-state index < -0.39 is 0 Å². The number of nitrogens with zero attached hydrogens (tertiary/aromatic N) is 2. The number of carbonyl (C=O) groups is 1. The number of ketones is 1. The maximum atomic E-state index is 12.1. The summed E-state index contributed by atoms with van der Waals surface area (Å²) < 4.78 is 1.78. The van der Waals surface area contributed by atoms with Gasteiger partial charge in [0.1, 0.15) is 0 Å². The zero-order valence-electron chi connectivity index (χ0n) is 11.6. The van der Waals surface area contributed by atoms with Crippen molar-refractivity contribution in [1.29, 1.82) is 0 Å². The van der Waals surface area contributed by atoms with Crippen molar-refractivity contribution < 1.29 is 4.79 Å². The van der Waals surface area contributed by atoms with Crippen LogP contribution in [0.1, 0.15) is 34.1 Å². The predicted octanol–water partition coefficient (Wildman–Crippen LogP) is 3.42. The van der Waals surface area contributed by atoms with Crippen LogP contribution in [0.5, 0.6) is 0 Å².